The van der Waals surface area contributed by atoms with Gasteiger partial charge in [-0.3, -0.25) is 0 Å². The standard InChI is InChI=1S/C9H16N6O/c1-7-8(13-10)11-6-12-9(7)14-15-2-4-16-5-3-15/h6H,2-5,10H2,1H3,(H2,11,12,13,14). The van der Waals surface area contributed by atoms with Crippen LogP contribution < -0.4 is 16.7 Å². The van der Waals surface area contributed by atoms with Gasteiger partial charge in [0.25, 0.3) is 0 Å². The van der Waals surface area contributed by atoms with Crippen LogP contribution in [0.2, 0.25) is 0 Å². The van der Waals surface area contributed by atoms with E-state index < -0.39 is 0 Å². The summed E-state index contributed by atoms with van der Waals surface area (Å²) in [6.07, 6.45) is 1.48. The van der Waals surface area contributed by atoms with Crippen molar-refractivity contribution < 1.29 is 4.74 Å². The third kappa shape index (κ3) is 2.38. The lowest BCUT2D eigenvalue weighted by Gasteiger charge is -2.28. The Morgan fingerprint density at radius 3 is 2.69 bits per heavy atom. The van der Waals surface area contributed by atoms with Crippen LogP contribution in [0.3, 0.4) is 0 Å². The van der Waals surface area contributed by atoms with E-state index in [-0.39, 0.29) is 0 Å². The van der Waals surface area contributed by atoms with Gasteiger partial charge in [-0.1, -0.05) is 0 Å². The highest BCUT2D eigenvalue weighted by Crippen LogP contribution is 2.17. The Morgan fingerprint density at radius 2 is 2.00 bits per heavy atom. The van der Waals surface area contributed by atoms with Crippen LogP contribution in [0.1, 0.15) is 5.56 Å². The Morgan fingerprint density at radius 1 is 1.31 bits per heavy atom. The summed E-state index contributed by atoms with van der Waals surface area (Å²) < 4.78 is 5.27. The molecule has 16 heavy (non-hydrogen) atoms. The molecule has 1 aromatic rings. The Hall–Kier alpha value is -1.44. The normalized spacial score (nSPS) is 17.1. The number of hydrogen-bond donors (Lipinski definition) is 3. The molecule has 1 saturated heterocycles. The molecule has 0 aliphatic carbocycles. The number of nitrogens with two attached hydrogens (primary N) is 1. The molecule has 2 rings (SSSR count). The second kappa shape index (κ2) is 5.06. The smallest absolute Gasteiger partial charge is 0.148 e. The summed E-state index contributed by atoms with van der Waals surface area (Å²) in [5.41, 5.74) is 6.67. The van der Waals surface area contributed by atoms with Gasteiger partial charge < -0.3 is 15.6 Å². The molecule has 0 amide bonds. The molecule has 7 nitrogen and oxygen atoms in total. The Labute approximate surface area is 93.9 Å². The minimum absolute atomic E-state index is 0.630. The first-order chi connectivity index (χ1) is 7.81. The summed E-state index contributed by atoms with van der Waals surface area (Å²) in [5, 5.41) is 2.07. The average molecular weight is 224 g/mol. The number of hydrazine groups is 2. The molecule has 0 radical (unpaired) electrons. The Kier molecular flexibility index (Phi) is 3.50. The Bertz CT molecular complexity index is 352. The molecule has 0 aromatic carbocycles. The molecule has 0 saturated carbocycles. The van der Waals surface area contributed by atoms with E-state index >= 15 is 0 Å². The van der Waals surface area contributed by atoms with E-state index in [0.717, 1.165) is 37.7 Å². The molecule has 1 aromatic heterocycles. The number of morpholine rings is 1. The van der Waals surface area contributed by atoms with Crippen molar-refractivity contribution in [3.8, 4) is 0 Å². The van der Waals surface area contributed by atoms with E-state index in [1.54, 1.807) is 0 Å². The lowest BCUT2D eigenvalue weighted by Crippen LogP contribution is -2.40. The maximum atomic E-state index is 5.35. The van der Waals surface area contributed by atoms with Gasteiger partial charge in [-0.15, -0.1) is 0 Å². The Balaban J connectivity index is 2.08. The largest absolute Gasteiger partial charge is 0.379 e. The molecular formula is C9H16N6O. The zero-order chi connectivity index (χ0) is 11.4. The fourth-order valence-corrected chi connectivity index (χ4v) is 1.53. The van der Waals surface area contributed by atoms with Crippen molar-refractivity contribution in [3.63, 3.8) is 0 Å². The number of hydrogen-bond acceptors (Lipinski definition) is 7. The van der Waals surface area contributed by atoms with Crippen LogP contribution in [0, 0.1) is 6.92 Å². The minimum Gasteiger partial charge on any atom is -0.379 e. The summed E-state index contributed by atoms with van der Waals surface area (Å²) in [6.45, 7) is 5.07. The van der Waals surface area contributed by atoms with Gasteiger partial charge in [0.1, 0.15) is 18.0 Å². The molecule has 0 unspecified atom stereocenters. The van der Waals surface area contributed by atoms with Gasteiger partial charge in [-0.25, -0.2) is 20.8 Å². The van der Waals surface area contributed by atoms with Gasteiger partial charge in [0.05, 0.1) is 13.2 Å². The number of ether oxygens (including phenoxy) is 1. The summed E-state index contributed by atoms with van der Waals surface area (Å²) >= 11 is 0. The number of anilines is 2. The van der Waals surface area contributed by atoms with Crippen LogP contribution in [-0.2, 0) is 4.74 Å². The van der Waals surface area contributed by atoms with E-state index in [1.165, 1.54) is 6.33 Å². The molecule has 0 atom stereocenters. The average Bonchev–Trinajstić information content (AvgIpc) is 2.33. The third-order valence-electron chi connectivity index (χ3n) is 2.50. The summed E-state index contributed by atoms with van der Waals surface area (Å²) in [7, 11) is 0. The van der Waals surface area contributed by atoms with E-state index in [4.69, 9.17) is 10.6 Å². The molecular weight excluding hydrogens is 208 g/mol. The molecule has 1 aliphatic heterocycles. The summed E-state index contributed by atoms with van der Waals surface area (Å²) in [4.78, 5) is 8.20. The van der Waals surface area contributed by atoms with Crippen LogP contribution in [0.15, 0.2) is 6.33 Å². The summed E-state index contributed by atoms with van der Waals surface area (Å²) in [5.74, 6) is 6.75. The molecule has 1 fully saturated rings. The van der Waals surface area contributed by atoms with E-state index in [1.807, 2.05) is 6.92 Å². The molecule has 1 aliphatic rings. The summed E-state index contributed by atoms with van der Waals surface area (Å²) in [6, 6.07) is 0. The predicted octanol–water partition coefficient (Wildman–Crippen LogP) is -0.270. The maximum Gasteiger partial charge on any atom is 0.148 e. The van der Waals surface area contributed by atoms with Crippen molar-refractivity contribution in [2.24, 2.45) is 5.84 Å². The zero-order valence-corrected chi connectivity index (χ0v) is 9.23. The number of nitrogen functional groups attached to an aromatic ring is 1. The molecule has 2 heterocycles. The second-order valence-corrected chi connectivity index (χ2v) is 3.55. The fraction of sp³-hybridized carbons (Fsp3) is 0.556. The number of nitrogens with zero attached hydrogens (tertiary/aromatic N) is 3. The quantitative estimate of drug-likeness (QED) is 0.481. The first kappa shape index (κ1) is 11.1. The van der Waals surface area contributed by atoms with Gasteiger partial charge in [0, 0.05) is 18.7 Å². The fourth-order valence-electron chi connectivity index (χ4n) is 1.53. The molecule has 0 spiro atoms. The molecule has 0 bridgehead atoms. The number of nitrogens with one attached hydrogen (secondary N) is 2. The van der Waals surface area contributed by atoms with Crippen molar-refractivity contribution in [2.75, 3.05) is 37.2 Å². The van der Waals surface area contributed by atoms with Crippen molar-refractivity contribution in [3.05, 3.63) is 11.9 Å². The molecule has 4 N–H and O–H groups in total. The van der Waals surface area contributed by atoms with Crippen LogP contribution >= 0.6 is 0 Å². The van der Waals surface area contributed by atoms with Crippen LogP contribution in [0.25, 0.3) is 0 Å². The third-order valence-corrected chi connectivity index (χ3v) is 2.50. The number of aromatic nitrogens is 2. The topological polar surface area (TPSA) is 88.3 Å². The van der Waals surface area contributed by atoms with Crippen molar-refractivity contribution >= 4 is 11.6 Å². The highest BCUT2D eigenvalue weighted by Gasteiger charge is 2.13. The van der Waals surface area contributed by atoms with Crippen molar-refractivity contribution in [1.82, 2.24) is 15.0 Å². The molecule has 7 heteroatoms. The van der Waals surface area contributed by atoms with Gasteiger partial charge in [-0.05, 0) is 6.92 Å². The minimum atomic E-state index is 0.630. The SMILES string of the molecule is Cc1c(NN)ncnc1NN1CCOCC1. The first-order valence-corrected chi connectivity index (χ1v) is 5.19. The zero-order valence-electron chi connectivity index (χ0n) is 9.23. The van der Waals surface area contributed by atoms with E-state index in [0.29, 0.717) is 5.82 Å². The highest BCUT2D eigenvalue weighted by molar-refractivity contribution is 5.55. The lowest BCUT2D eigenvalue weighted by atomic mass is 10.3. The van der Waals surface area contributed by atoms with Gasteiger partial charge in [0.15, 0.2) is 0 Å². The van der Waals surface area contributed by atoms with E-state index in [9.17, 15) is 0 Å². The first-order valence-electron chi connectivity index (χ1n) is 5.19. The number of rotatable bonds is 3. The van der Waals surface area contributed by atoms with Crippen LogP contribution in [0.5, 0.6) is 0 Å². The maximum absolute atomic E-state index is 5.35. The second-order valence-electron chi connectivity index (χ2n) is 3.55. The molecule has 88 valence electrons. The highest BCUT2D eigenvalue weighted by atomic mass is 16.5. The van der Waals surface area contributed by atoms with Gasteiger partial charge in [-0.2, -0.15) is 0 Å². The monoisotopic (exact) mass is 224 g/mol. The lowest BCUT2D eigenvalue weighted by molar-refractivity contribution is 0.0494. The van der Waals surface area contributed by atoms with E-state index in [2.05, 4.69) is 25.8 Å². The van der Waals surface area contributed by atoms with Gasteiger partial charge >= 0.3 is 0 Å². The van der Waals surface area contributed by atoms with Crippen molar-refractivity contribution in [2.45, 2.75) is 6.92 Å². The van der Waals surface area contributed by atoms with Crippen LogP contribution in [-0.4, -0.2) is 41.3 Å². The van der Waals surface area contributed by atoms with Crippen LogP contribution in [0.4, 0.5) is 11.6 Å². The predicted molar refractivity (Wildman–Crippen MR) is 60.6 cm³/mol. The van der Waals surface area contributed by atoms with Crippen molar-refractivity contribution in [1.29, 1.82) is 0 Å². The van der Waals surface area contributed by atoms with Gasteiger partial charge in [0.2, 0.25) is 0 Å².